The zero-order valence-corrected chi connectivity index (χ0v) is 13.8. The summed E-state index contributed by atoms with van der Waals surface area (Å²) < 4.78 is 16.1. The monoisotopic (exact) mass is 313 g/mol. The van der Waals surface area contributed by atoms with Crippen LogP contribution < -0.4 is 10.8 Å². The van der Waals surface area contributed by atoms with Crippen LogP contribution in [0.5, 0.6) is 0 Å². The van der Waals surface area contributed by atoms with Crippen molar-refractivity contribution in [2.45, 2.75) is 19.0 Å². The van der Waals surface area contributed by atoms with Crippen LogP contribution in [0.3, 0.4) is 0 Å². The quantitative estimate of drug-likeness (QED) is 0.407. The maximum absolute atomic E-state index is 9.02. The van der Waals surface area contributed by atoms with E-state index >= 15 is 0 Å². The fourth-order valence-corrected chi connectivity index (χ4v) is 3.75. The highest BCUT2D eigenvalue weighted by Gasteiger charge is 2.36. The molecule has 0 aliphatic heterocycles. The Balaban J connectivity index is 2.28. The second-order valence-corrected chi connectivity index (χ2v) is 7.78. The Morgan fingerprint density at radius 1 is 1.05 bits per heavy atom. The molecule has 118 valence electrons. The normalized spacial score (nSPS) is 11.7. The van der Waals surface area contributed by atoms with E-state index in [2.05, 4.69) is 5.32 Å². The van der Waals surface area contributed by atoms with Gasteiger partial charge in [-0.25, -0.2) is 0 Å². The highest BCUT2D eigenvalue weighted by molar-refractivity contribution is 6.60. The van der Waals surface area contributed by atoms with E-state index in [-0.39, 0.29) is 0 Å². The van der Waals surface area contributed by atoms with Gasteiger partial charge in [-0.15, -0.1) is 0 Å². The van der Waals surface area contributed by atoms with Crippen molar-refractivity contribution in [3.8, 4) is 0 Å². The summed E-state index contributed by atoms with van der Waals surface area (Å²) in [5.41, 5.74) is 1.59. The Hall–Kier alpha value is -0.738. The van der Waals surface area contributed by atoms with Crippen LogP contribution in [0.15, 0.2) is 24.3 Å². The first kappa shape index (κ1) is 18.3. The van der Waals surface area contributed by atoms with Crippen molar-refractivity contribution in [3.05, 3.63) is 29.8 Å². The molecule has 8 heteroatoms. The first-order valence-corrected chi connectivity index (χ1v) is 8.81. The van der Waals surface area contributed by atoms with E-state index in [1.54, 1.807) is 33.5 Å². The molecule has 0 aromatic heterocycles. The van der Waals surface area contributed by atoms with Gasteiger partial charge in [-0.05, 0) is 24.0 Å². The molecule has 1 aromatic rings. The summed E-state index contributed by atoms with van der Waals surface area (Å²) in [4.78, 5) is 0. The minimum absolute atomic E-state index is 0.495. The Morgan fingerprint density at radius 3 is 2.10 bits per heavy atom. The van der Waals surface area contributed by atoms with Crippen LogP contribution in [0.1, 0.15) is 12.0 Å². The summed E-state index contributed by atoms with van der Waals surface area (Å²) >= 11 is 0. The molecule has 0 saturated heterocycles. The topological polar surface area (TPSA) is 80.2 Å². The Labute approximate surface area is 127 Å². The molecule has 1 aromatic carbocycles. The SMILES string of the molecule is CO[Si](CCCNCc1ccc(B(O)O)cc1)(OC)OC. The zero-order valence-electron chi connectivity index (χ0n) is 12.8. The fraction of sp³-hybridized carbons (Fsp3) is 0.538. The van der Waals surface area contributed by atoms with Gasteiger partial charge in [0.2, 0.25) is 0 Å². The van der Waals surface area contributed by atoms with E-state index in [1.807, 2.05) is 12.1 Å². The van der Waals surface area contributed by atoms with E-state index < -0.39 is 15.9 Å². The minimum atomic E-state index is -2.46. The summed E-state index contributed by atoms with van der Waals surface area (Å²) in [6.45, 7) is 1.55. The lowest BCUT2D eigenvalue weighted by Crippen LogP contribution is -2.43. The predicted molar refractivity (Wildman–Crippen MR) is 84.2 cm³/mol. The summed E-state index contributed by atoms with van der Waals surface area (Å²) in [7, 11) is 0.968. The van der Waals surface area contributed by atoms with Gasteiger partial charge in [0.1, 0.15) is 0 Å². The van der Waals surface area contributed by atoms with Crippen molar-refractivity contribution < 1.29 is 23.3 Å². The van der Waals surface area contributed by atoms with Gasteiger partial charge in [0, 0.05) is 33.9 Å². The Kier molecular flexibility index (Phi) is 8.12. The summed E-state index contributed by atoms with van der Waals surface area (Å²) in [5, 5.41) is 21.4. The van der Waals surface area contributed by atoms with Crippen LogP contribution in [0.4, 0.5) is 0 Å². The zero-order chi connectivity index (χ0) is 15.7. The van der Waals surface area contributed by atoms with Gasteiger partial charge in [0.05, 0.1) is 0 Å². The van der Waals surface area contributed by atoms with Crippen LogP contribution in [-0.4, -0.2) is 53.8 Å². The van der Waals surface area contributed by atoms with Gasteiger partial charge < -0.3 is 28.6 Å². The first-order chi connectivity index (χ1) is 10.1. The van der Waals surface area contributed by atoms with Gasteiger partial charge in [0.25, 0.3) is 0 Å². The summed E-state index contributed by atoms with van der Waals surface area (Å²) in [6, 6.07) is 7.93. The lowest BCUT2D eigenvalue weighted by atomic mass is 9.80. The second-order valence-electron chi connectivity index (χ2n) is 4.69. The first-order valence-electron chi connectivity index (χ1n) is 6.88. The van der Waals surface area contributed by atoms with Gasteiger partial charge in [-0.3, -0.25) is 0 Å². The molecule has 0 aliphatic rings. The second kappa shape index (κ2) is 9.31. The molecule has 0 atom stereocenters. The van der Waals surface area contributed by atoms with Crippen molar-refractivity contribution in [2.24, 2.45) is 0 Å². The van der Waals surface area contributed by atoms with E-state index in [9.17, 15) is 0 Å². The van der Waals surface area contributed by atoms with Crippen LogP contribution in [0.2, 0.25) is 6.04 Å². The largest absolute Gasteiger partial charge is 0.500 e. The van der Waals surface area contributed by atoms with Crippen LogP contribution >= 0.6 is 0 Å². The third-order valence-electron chi connectivity index (χ3n) is 3.38. The maximum atomic E-state index is 9.02. The van der Waals surface area contributed by atoms with E-state index in [0.717, 1.165) is 31.1 Å². The molecular formula is C13H24BNO5Si. The number of hydrogen-bond acceptors (Lipinski definition) is 6. The molecule has 0 radical (unpaired) electrons. The van der Waals surface area contributed by atoms with Crippen molar-refractivity contribution >= 4 is 21.4 Å². The molecule has 3 N–H and O–H groups in total. The molecule has 21 heavy (non-hydrogen) atoms. The summed E-state index contributed by atoms with van der Waals surface area (Å²) in [6.07, 6.45) is 0.898. The van der Waals surface area contributed by atoms with Crippen molar-refractivity contribution in [2.75, 3.05) is 27.9 Å². The smallest absolute Gasteiger partial charge is 0.423 e. The standard InChI is InChI=1S/C13H24BNO5Si/c1-18-21(19-2,20-3)10-4-9-15-11-12-5-7-13(8-6-12)14(16)17/h5-8,15-17H,4,9-11H2,1-3H3. The lowest BCUT2D eigenvalue weighted by Gasteiger charge is -2.24. The highest BCUT2D eigenvalue weighted by atomic mass is 28.4. The summed E-state index contributed by atoms with van der Waals surface area (Å²) in [5.74, 6) is 0. The molecular weight excluding hydrogens is 289 g/mol. The van der Waals surface area contributed by atoms with Gasteiger partial charge in [-0.1, -0.05) is 24.3 Å². The molecule has 0 aliphatic carbocycles. The number of nitrogens with one attached hydrogen (secondary N) is 1. The van der Waals surface area contributed by atoms with Crippen molar-refractivity contribution in [3.63, 3.8) is 0 Å². The number of rotatable bonds is 10. The van der Waals surface area contributed by atoms with Gasteiger partial charge >= 0.3 is 15.9 Å². The number of hydrogen-bond donors (Lipinski definition) is 3. The molecule has 0 amide bonds. The molecule has 1 rings (SSSR count). The van der Waals surface area contributed by atoms with Crippen LogP contribution in [0.25, 0.3) is 0 Å². The molecule has 0 heterocycles. The van der Waals surface area contributed by atoms with Crippen molar-refractivity contribution in [1.29, 1.82) is 0 Å². The maximum Gasteiger partial charge on any atom is 0.500 e. The molecule has 0 bridgehead atoms. The fourth-order valence-electron chi connectivity index (χ4n) is 2.03. The number of benzene rings is 1. The Morgan fingerprint density at radius 2 is 1.62 bits per heavy atom. The average molecular weight is 313 g/mol. The molecule has 6 nitrogen and oxygen atoms in total. The highest BCUT2D eigenvalue weighted by Crippen LogP contribution is 2.14. The molecule has 0 saturated carbocycles. The van der Waals surface area contributed by atoms with Crippen LogP contribution in [-0.2, 0) is 19.8 Å². The lowest BCUT2D eigenvalue weighted by molar-refractivity contribution is 0.123. The third-order valence-corrected chi connectivity index (χ3v) is 6.21. The van der Waals surface area contributed by atoms with E-state index in [1.165, 1.54) is 0 Å². The average Bonchev–Trinajstić information content (AvgIpc) is 2.52. The van der Waals surface area contributed by atoms with Crippen molar-refractivity contribution in [1.82, 2.24) is 5.32 Å². The Bertz CT molecular complexity index is 392. The predicted octanol–water partition coefficient (Wildman–Crippen LogP) is -0.276. The van der Waals surface area contributed by atoms with E-state index in [4.69, 9.17) is 23.3 Å². The third kappa shape index (κ3) is 5.87. The van der Waals surface area contributed by atoms with Gasteiger partial charge in [-0.2, -0.15) is 0 Å². The van der Waals surface area contributed by atoms with E-state index in [0.29, 0.717) is 5.46 Å². The molecule has 0 spiro atoms. The van der Waals surface area contributed by atoms with Gasteiger partial charge in [0.15, 0.2) is 0 Å². The van der Waals surface area contributed by atoms with Crippen LogP contribution in [0, 0.1) is 0 Å². The molecule has 0 unspecified atom stereocenters. The molecule has 0 fully saturated rings. The minimum Gasteiger partial charge on any atom is -0.423 e.